The van der Waals surface area contributed by atoms with E-state index in [0.29, 0.717) is 28.8 Å². The minimum Gasteiger partial charge on any atom is -0.381 e. The Morgan fingerprint density at radius 2 is 2.00 bits per heavy atom. The molecule has 2 rings (SSSR count). The van der Waals surface area contributed by atoms with Gasteiger partial charge in [-0.1, -0.05) is 23.2 Å². The van der Waals surface area contributed by atoms with E-state index in [0.717, 1.165) is 12.8 Å². The Morgan fingerprint density at radius 3 is 2.60 bits per heavy atom. The van der Waals surface area contributed by atoms with Crippen LogP contribution in [0.3, 0.4) is 0 Å². The summed E-state index contributed by atoms with van der Waals surface area (Å²) in [6.45, 7) is 2.91. The number of rotatable bonds is 4. The molecule has 0 aromatic heterocycles. The number of hydrogen-bond acceptors (Lipinski definition) is 3. The molecule has 0 saturated carbocycles. The van der Waals surface area contributed by atoms with Gasteiger partial charge in [-0.25, -0.2) is 0 Å². The number of carbonyl (C=O) groups excluding carboxylic acids is 1. The molecule has 1 aromatic rings. The first-order valence-corrected chi connectivity index (χ1v) is 8.50. The third-order valence-electron chi connectivity index (χ3n) is 3.41. The molecule has 0 aliphatic carbocycles. The second-order valence-corrected chi connectivity index (χ2v) is 7.65. The normalized spacial score (nSPS) is 19.6. The van der Waals surface area contributed by atoms with Gasteiger partial charge in [0.2, 0.25) is 0 Å². The monoisotopic (exact) mass is 334 g/mol. The fourth-order valence-corrected chi connectivity index (χ4v) is 4.28. The van der Waals surface area contributed by atoms with Crippen LogP contribution >= 0.6 is 23.2 Å². The number of halogens is 2. The van der Waals surface area contributed by atoms with E-state index in [2.05, 4.69) is 0 Å². The smallest absolute Gasteiger partial charge is 0.179 e. The number of carbonyl (C=O) groups is 1. The van der Waals surface area contributed by atoms with Crippen molar-refractivity contribution in [3.05, 3.63) is 33.8 Å². The summed E-state index contributed by atoms with van der Waals surface area (Å²) in [5.41, 5.74) is 0.379. The van der Waals surface area contributed by atoms with E-state index >= 15 is 0 Å². The van der Waals surface area contributed by atoms with Crippen molar-refractivity contribution in [3.63, 3.8) is 0 Å². The molecule has 1 aromatic carbocycles. The minimum absolute atomic E-state index is 0.0220. The third kappa shape index (κ3) is 3.61. The molecule has 6 heteroatoms. The van der Waals surface area contributed by atoms with Gasteiger partial charge >= 0.3 is 0 Å². The highest BCUT2D eigenvalue weighted by Crippen LogP contribution is 2.25. The predicted octanol–water partition coefficient (Wildman–Crippen LogP) is 3.49. The molecule has 1 saturated heterocycles. The Bertz CT molecular complexity index is 527. The van der Waals surface area contributed by atoms with E-state index in [4.69, 9.17) is 27.9 Å². The maximum Gasteiger partial charge on any atom is 0.179 e. The lowest BCUT2D eigenvalue weighted by Gasteiger charge is -2.24. The lowest BCUT2D eigenvalue weighted by Crippen LogP contribution is -2.34. The highest BCUT2D eigenvalue weighted by Gasteiger charge is 2.30. The lowest BCUT2D eigenvalue weighted by molar-refractivity contribution is 0.0966. The van der Waals surface area contributed by atoms with E-state index in [1.54, 1.807) is 19.1 Å². The van der Waals surface area contributed by atoms with Crippen molar-refractivity contribution in [2.24, 2.45) is 0 Å². The maximum absolute atomic E-state index is 12.5. The Balaban J connectivity index is 2.13. The molecule has 0 spiro atoms. The molecule has 2 atom stereocenters. The Labute approximate surface area is 131 Å². The number of ketones is 1. The van der Waals surface area contributed by atoms with Crippen LogP contribution in [0.25, 0.3) is 0 Å². The van der Waals surface area contributed by atoms with E-state index < -0.39 is 16.0 Å². The molecule has 0 amide bonds. The Kier molecular flexibility index (Phi) is 5.61. The molecular weight excluding hydrogens is 319 g/mol. The van der Waals surface area contributed by atoms with E-state index in [9.17, 15) is 9.00 Å². The molecule has 1 heterocycles. The van der Waals surface area contributed by atoms with Crippen molar-refractivity contribution in [1.29, 1.82) is 0 Å². The quantitative estimate of drug-likeness (QED) is 0.791. The average Bonchev–Trinajstić information content (AvgIpc) is 2.46. The van der Waals surface area contributed by atoms with Gasteiger partial charge in [-0.05, 0) is 38.0 Å². The Hall–Kier alpha value is -0.420. The standard InChI is InChI=1S/C14H16Cl2O3S/c1-9(20(18)11-4-6-19-7-5-11)14(17)12-3-2-10(15)8-13(12)16/h2-3,8-9,11H,4-7H2,1H3. The lowest BCUT2D eigenvalue weighted by atomic mass is 10.1. The molecule has 20 heavy (non-hydrogen) atoms. The fourth-order valence-electron chi connectivity index (χ4n) is 2.21. The summed E-state index contributed by atoms with van der Waals surface area (Å²) in [4.78, 5) is 12.4. The van der Waals surface area contributed by atoms with Crippen LogP contribution in [0, 0.1) is 0 Å². The van der Waals surface area contributed by atoms with Crippen LogP contribution in [0.1, 0.15) is 30.1 Å². The van der Waals surface area contributed by atoms with Crippen LogP contribution in [-0.4, -0.2) is 33.7 Å². The van der Waals surface area contributed by atoms with Gasteiger partial charge in [0.05, 0.1) is 10.3 Å². The van der Waals surface area contributed by atoms with Crippen LogP contribution in [0.5, 0.6) is 0 Å². The molecule has 0 N–H and O–H groups in total. The van der Waals surface area contributed by atoms with E-state index in [1.807, 2.05) is 0 Å². The molecule has 1 fully saturated rings. The van der Waals surface area contributed by atoms with Gasteiger partial charge in [0, 0.05) is 39.8 Å². The van der Waals surface area contributed by atoms with Gasteiger partial charge in [0.15, 0.2) is 5.78 Å². The number of Topliss-reactive ketones (excluding diaryl/α,β-unsaturated/α-hetero) is 1. The molecule has 0 bridgehead atoms. The zero-order chi connectivity index (χ0) is 14.7. The van der Waals surface area contributed by atoms with Crippen molar-refractivity contribution in [2.75, 3.05) is 13.2 Å². The van der Waals surface area contributed by atoms with Gasteiger partial charge in [-0.3, -0.25) is 9.00 Å². The van der Waals surface area contributed by atoms with Gasteiger partial charge in [-0.2, -0.15) is 0 Å². The Morgan fingerprint density at radius 1 is 1.35 bits per heavy atom. The fraction of sp³-hybridized carbons (Fsp3) is 0.500. The van der Waals surface area contributed by atoms with Crippen LogP contribution in [0.4, 0.5) is 0 Å². The van der Waals surface area contributed by atoms with E-state index in [-0.39, 0.29) is 11.0 Å². The van der Waals surface area contributed by atoms with Crippen LogP contribution in [-0.2, 0) is 15.5 Å². The topological polar surface area (TPSA) is 43.4 Å². The highest BCUT2D eigenvalue weighted by atomic mass is 35.5. The zero-order valence-corrected chi connectivity index (χ0v) is 13.4. The second kappa shape index (κ2) is 7.03. The SMILES string of the molecule is CC(C(=O)c1ccc(Cl)cc1Cl)S(=O)C1CCOCC1. The molecule has 1 aliphatic heterocycles. The summed E-state index contributed by atoms with van der Waals surface area (Å²) < 4.78 is 17.7. The van der Waals surface area contributed by atoms with Gasteiger partial charge < -0.3 is 4.74 Å². The second-order valence-electron chi connectivity index (χ2n) is 4.77. The first kappa shape index (κ1) is 16.0. The molecule has 1 aliphatic rings. The number of ether oxygens (including phenoxy) is 1. The predicted molar refractivity (Wildman–Crippen MR) is 82.2 cm³/mol. The highest BCUT2D eigenvalue weighted by molar-refractivity contribution is 7.87. The molecule has 0 radical (unpaired) electrons. The largest absolute Gasteiger partial charge is 0.381 e. The van der Waals surface area contributed by atoms with Gasteiger partial charge in [-0.15, -0.1) is 0 Å². The van der Waals surface area contributed by atoms with Crippen molar-refractivity contribution < 1.29 is 13.7 Å². The van der Waals surface area contributed by atoms with Crippen LogP contribution < -0.4 is 0 Å². The van der Waals surface area contributed by atoms with Gasteiger partial charge in [0.25, 0.3) is 0 Å². The summed E-state index contributed by atoms with van der Waals surface area (Å²) in [5.74, 6) is -0.198. The summed E-state index contributed by atoms with van der Waals surface area (Å²) in [5, 5.41) is 0.230. The van der Waals surface area contributed by atoms with E-state index in [1.165, 1.54) is 6.07 Å². The summed E-state index contributed by atoms with van der Waals surface area (Å²) >= 11 is 11.9. The average molecular weight is 335 g/mol. The van der Waals surface area contributed by atoms with Crippen molar-refractivity contribution in [2.45, 2.75) is 30.3 Å². The summed E-state index contributed by atoms with van der Waals surface area (Å²) in [6.07, 6.45) is 1.47. The maximum atomic E-state index is 12.5. The van der Waals surface area contributed by atoms with Crippen molar-refractivity contribution in [1.82, 2.24) is 0 Å². The van der Waals surface area contributed by atoms with Crippen molar-refractivity contribution in [3.8, 4) is 0 Å². The zero-order valence-electron chi connectivity index (χ0n) is 11.1. The third-order valence-corrected chi connectivity index (χ3v) is 6.00. The molecule has 3 nitrogen and oxygen atoms in total. The molecular formula is C14H16Cl2O3S. The number of hydrogen-bond donors (Lipinski definition) is 0. The van der Waals surface area contributed by atoms with Crippen LogP contribution in [0.2, 0.25) is 10.0 Å². The van der Waals surface area contributed by atoms with Crippen LogP contribution in [0.15, 0.2) is 18.2 Å². The number of benzene rings is 1. The van der Waals surface area contributed by atoms with Gasteiger partial charge in [0.1, 0.15) is 0 Å². The summed E-state index contributed by atoms with van der Waals surface area (Å²) in [7, 11) is -1.22. The molecule has 110 valence electrons. The summed E-state index contributed by atoms with van der Waals surface area (Å²) in [6, 6.07) is 4.73. The van der Waals surface area contributed by atoms with Crippen molar-refractivity contribution >= 4 is 39.8 Å². The first-order chi connectivity index (χ1) is 9.50. The molecule has 2 unspecified atom stereocenters. The minimum atomic E-state index is -1.22. The first-order valence-electron chi connectivity index (χ1n) is 6.47.